The Bertz CT molecular complexity index is 555. The summed E-state index contributed by atoms with van der Waals surface area (Å²) in [6, 6.07) is 16.9. The van der Waals surface area contributed by atoms with E-state index in [0.717, 1.165) is 17.1 Å². The third-order valence-electron chi connectivity index (χ3n) is 2.06. The molecule has 0 aliphatic rings. The Hall–Kier alpha value is -2.16. The molecule has 2 aromatic carbocycles. The van der Waals surface area contributed by atoms with Crippen LogP contribution < -0.4 is 0 Å². The zero-order valence-electron chi connectivity index (χ0n) is 8.95. The summed E-state index contributed by atoms with van der Waals surface area (Å²) in [7, 11) is 0. The molecule has 0 aliphatic carbocycles. The second kappa shape index (κ2) is 5.80. The minimum absolute atomic E-state index is 0.763. The van der Waals surface area contributed by atoms with E-state index in [2.05, 4.69) is 32.6 Å². The molecule has 0 amide bonds. The molecule has 4 heteroatoms. The molecule has 0 bridgehead atoms. The predicted molar refractivity (Wildman–Crippen MR) is 71.7 cm³/mol. The Kier molecular flexibility index (Phi) is 3.86. The van der Waals surface area contributed by atoms with E-state index in [4.69, 9.17) is 0 Å². The van der Waals surface area contributed by atoms with Crippen LogP contribution in [0.1, 0.15) is 0 Å². The number of thiocarbonyl (C=S) groups is 1. The Morgan fingerprint density at radius 1 is 0.706 bits per heavy atom. The molecule has 0 N–H and O–H groups in total. The lowest BCUT2D eigenvalue weighted by molar-refractivity contribution is 1.23. The van der Waals surface area contributed by atoms with Crippen LogP contribution in [0.2, 0.25) is 0 Å². The summed E-state index contributed by atoms with van der Waals surface area (Å²) in [5.74, 6) is 0. The lowest BCUT2D eigenvalue weighted by atomic mass is 10.3. The average molecular weight is 239 g/mol. The Morgan fingerprint density at radius 2 is 1.24 bits per heavy atom. The van der Waals surface area contributed by atoms with Gasteiger partial charge in [0, 0.05) is 0 Å². The van der Waals surface area contributed by atoms with E-state index >= 15 is 0 Å². The molecule has 0 fully saturated rings. The maximum absolute atomic E-state index is 4.52. The fourth-order valence-corrected chi connectivity index (χ4v) is 1.36. The second-order valence-electron chi connectivity index (χ2n) is 3.26. The third kappa shape index (κ3) is 3.41. The first-order chi connectivity index (χ1) is 8.38. The molecule has 3 nitrogen and oxygen atoms in total. The van der Waals surface area contributed by atoms with E-state index in [1.54, 1.807) is 0 Å². The molecule has 0 heterocycles. The monoisotopic (exact) mass is 239 g/mol. The number of aliphatic imine (C=N–C) groups is 1. The van der Waals surface area contributed by atoms with E-state index < -0.39 is 0 Å². The highest BCUT2D eigenvalue weighted by Gasteiger charge is 1.91. The van der Waals surface area contributed by atoms with Crippen molar-refractivity contribution in [3.8, 4) is 0 Å². The maximum Gasteiger partial charge on any atom is 0.0858 e. The van der Waals surface area contributed by atoms with Crippen LogP contribution in [0, 0.1) is 0 Å². The summed E-state index contributed by atoms with van der Waals surface area (Å²) in [6.45, 7) is 0. The Balaban J connectivity index is 2.14. The molecule has 0 atom stereocenters. The predicted octanol–water partition coefficient (Wildman–Crippen LogP) is 4.84. The second-order valence-corrected chi connectivity index (χ2v) is 3.44. The lowest BCUT2D eigenvalue weighted by Crippen LogP contribution is -1.65. The van der Waals surface area contributed by atoms with Gasteiger partial charge >= 0.3 is 0 Å². The first-order valence-corrected chi connectivity index (χ1v) is 5.44. The zero-order chi connectivity index (χ0) is 11.9. The molecule has 17 heavy (non-hydrogen) atoms. The first kappa shape index (κ1) is 11.3. The van der Waals surface area contributed by atoms with Crippen LogP contribution >= 0.6 is 12.2 Å². The number of hydrogen-bond donors (Lipinski definition) is 0. The number of azo groups is 1. The molecule has 82 valence electrons. The van der Waals surface area contributed by atoms with Crippen molar-refractivity contribution in [2.75, 3.05) is 0 Å². The highest BCUT2D eigenvalue weighted by atomic mass is 32.1. The lowest BCUT2D eigenvalue weighted by Gasteiger charge is -1.93. The fourth-order valence-electron chi connectivity index (χ4n) is 1.26. The molecule has 0 spiro atoms. The standard InChI is InChI=1S/C13H9N3S/c17-10-14-11-6-8-13(9-7-11)16-15-12-4-2-1-3-5-12/h1-9H. The van der Waals surface area contributed by atoms with Gasteiger partial charge in [-0.2, -0.15) is 15.2 Å². The molecule has 0 aromatic heterocycles. The molecule has 0 radical (unpaired) electrons. The Morgan fingerprint density at radius 3 is 1.82 bits per heavy atom. The molecule has 0 aliphatic heterocycles. The van der Waals surface area contributed by atoms with Crippen molar-refractivity contribution in [3.05, 3.63) is 54.6 Å². The van der Waals surface area contributed by atoms with Crippen molar-refractivity contribution in [1.82, 2.24) is 0 Å². The van der Waals surface area contributed by atoms with Crippen molar-refractivity contribution in [2.45, 2.75) is 0 Å². The van der Waals surface area contributed by atoms with Gasteiger partial charge in [0.1, 0.15) is 0 Å². The highest BCUT2D eigenvalue weighted by Crippen LogP contribution is 2.20. The van der Waals surface area contributed by atoms with Gasteiger partial charge in [-0.05, 0) is 48.6 Å². The molecule has 0 saturated heterocycles. The van der Waals surface area contributed by atoms with Crippen LogP contribution in [0.3, 0.4) is 0 Å². The van der Waals surface area contributed by atoms with E-state index in [-0.39, 0.29) is 0 Å². The minimum atomic E-state index is 0.763. The molecular weight excluding hydrogens is 230 g/mol. The van der Waals surface area contributed by atoms with Crippen LogP contribution in [0.25, 0.3) is 0 Å². The fraction of sp³-hybridized carbons (Fsp3) is 0. The van der Waals surface area contributed by atoms with Crippen molar-refractivity contribution in [1.29, 1.82) is 0 Å². The molecule has 2 aromatic rings. The zero-order valence-corrected chi connectivity index (χ0v) is 9.76. The summed E-state index contributed by atoms with van der Waals surface area (Å²) < 4.78 is 0. The van der Waals surface area contributed by atoms with Crippen LogP contribution in [0.4, 0.5) is 17.1 Å². The minimum Gasteiger partial charge on any atom is -0.195 e. The number of nitrogens with zero attached hydrogens (tertiary/aromatic N) is 3. The maximum atomic E-state index is 4.52. The summed E-state index contributed by atoms with van der Waals surface area (Å²) in [5, 5.41) is 10.5. The average Bonchev–Trinajstić information content (AvgIpc) is 2.40. The van der Waals surface area contributed by atoms with Crippen LogP contribution in [-0.4, -0.2) is 5.16 Å². The normalized spacial score (nSPS) is 10.1. The SMILES string of the molecule is S=C=Nc1ccc(N=Nc2ccccc2)cc1. The van der Waals surface area contributed by atoms with E-state index in [9.17, 15) is 0 Å². The first-order valence-electron chi connectivity index (χ1n) is 5.03. The van der Waals surface area contributed by atoms with Crippen molar-refractivity contribution in [3.63, 3.8) is 0 Å². The summed E-state index contributed by atoms with van der Waals surface area (Å²) in [4.78, 5) is 3.86. The van der Waals surface area contributed by atoms with E-state index in [1.165, 1.54) is 0 Å². The van der Waals surface area contributed by atoms with Gasteiger partial charge in [-0.25, -0.2) is 0 Å². The van der Waals surface area contributed by atoms with Crippen LogP contribution in [0.5, 0.6) is 0 Å². The smallest absolute Gasteiger partial charge is 0.0858 e. The number of rotatable bonds is 3. The quantitative estimate of drug-likeness (QED) is 0.429. The highest BCUT2D eigenvalue weighted by molar-refractivity contribution is 7.78. The molecule has 0 saturated carbocycles. The number of hydrogen-bond acceptors (Lipinski definition) is 4. The van der Waals surface area contributed by atoms with Gasteiger partial charge in [0.15, 0.2) is 0 Å². The summed E-state index contributed by atoms with van der Waals surface area (Å²) in [5.41, 5.74) is 2.37. The van der Waals surface area contributed by atoms with Gasteiger partial charge in [0.25, 0.3) is 0 Å². The van der Waals surface area contributed by atoms with Crippen molar-refractivity contribution >= 4 is 34.4 Å². The van der Waals surface area contributed by atoms with Crippen molar-refractivity contribution in [2.24, 2.45) is 15.2 Å². The van der Waals surface area contributed by atoms with E-state index in [1.807, 2.05) is 54.6 Å². The summed E-state index contributed by atoms with van der Waals surface area (Å²) >= 11 is 4.52. The van der Waals surface area contributed by atoms with E-state index in [0.29, 0.717) is 0 Å². The Labute approximate surface area is 105 Å². The van der Waals surface area contributed by atoms with Crippen LogP contribution in [0.15, 0.2) is 69.8 Å². The van der Waals surface area contributed by atoms with Gasteiger partial charge in [-0.3, -0.25) is 0 Å². The van der Waals surface area contributed by atoms with Crippen molar-refractivity contribution < 1.29 is 0 Å². The van der Waals surface area contributed by atoms with Gasteiger partial charge in [-0.15, -0.1) is 0 Å². The largest absolute Gasteiger partial charge is 0.195 e. The number of isothiocyanates is 1. The molecule has 0 unspecified atom stereocenters. The number of benzene rings is 2. The summed E-state index contributed by atoms with van der Waals surface area (Å²) in [6.07, 6.45) is 0. The molecule has 2 rings (SSSR count). The van der Waals surface area contributed by atoms with Crippen LogP contribution in [-0.2, 0) is 0 Å². The van der Waals surface area contributed by atoms with Gasteiger partial charge < -0.3 is 0 Å². The van der Waals surface area contributed by atoms with Gasteiger partial charge in [0.05, 0.1) is 22.2 Å². The van der Waals surface area contributed by atoms with Gasteiger partial charge in [0.2, 0.25) is 0 Å². The third-order valence-corrected chi connectivity index (χ3v) is 2.15. The van der Waals surface area contributed by atoms with Gasteiger partial charge in [-0.1, -0.05) is 18.2 Å². The molecular formula is C13H9N3S. The topological polar surface area (TPSA) is 37.1 Å².